The second kappa shape index (κ2) is 5.64. The molecule has 1 saturated heterocycles. The number of methoxy groups -OCH3 is 1. The highest BCUT2D eigenvalue weighted by Gasteiger charge is 2.30. The standard InChI is InChI=1S/C12H23NO3/c1-12(2,3)5-6-16-11(14)10-7-9(15-4)8-13-10/h9-10,13H,5-8H2,1-4H3. The van der Waals surface area contributed by atoms with Crippen LogP contribution in [0.2, 0.25) is 0 Å². The molecule has 1 aliphatic rings. The van der Waals surface area contributed by atoms with Gasteiger partial charge in [-0.2, -0.15) is 0 Å². The molecule has 4 heteroatoms. The van der Waals surface area contributed by atoms with E-state index in [0.29, 0.717) is 13.0 Å². The fourth-order valence-electron chi connectivity index (χ4n) is 1.62. The van der Waals surface area contributed by atoms with Crippen molar-refractivity contribution in [2.75, 3.05) is 20.3 Å². The fourth-order valence-corrected chi connectivity index (χ4v) is 1.62. The Morgan fingerprint density at radius 2 is 2.12 bits per heavy atom. The fraction of sp³-hybridized carbons (Fsp3) is 0.917. The number of esters is 1. The first-order valence-corrected chi connectivity index (χ1v) is 5.85. The Morgan fingerprint density at radius 1 is 1.44 bits per heavy atom. The van der Waals surface area contributed by atoms with E-state index in [1.807, 2.05) is 0 Å². The van der Waals surface area contributed by atoms with E-state index in [1.165, 1.54) is 0 Å². The Kier molecular flexibility index (Phi) is 4.74. The summed E-state index contributed by atoms with van der Waals surface area (Å²) in [6.07, 6.45) is 1.74. The molecule has 2 atom stereocenters. The van der Waals surface area contributed by atoms with Crippen molar-refractivity contribution in [1.29, 1.82) is 0 Å². The highest BCUT2D eigenvalue weighted by molar-refractivity contribution is 5.76. The molecular formula is C12H23NO3. The third-order valence-corrected chi connectivity index (χ3v) is 2.80. The molecule has 0 radical (unpaired) electrons. The first-order valence-electron chi connectivity index (χ1n) is 5.85. The minimum Gasteiger partial charge on any atom is -0.465 e. The Balaban J connectivity index is 2.21. The molecule has 0 saturated carbocycles. The second-order valence-electron chi connectivity index (χ2n) is 5.53. The normalized spacial score (nSPS) is 25.8. The molecular weight excluding hydrogens is 206 g/mol. The molecule has 1 heterocycles. The van der Waals surface area contributed by atoms with E-state index in [-0.39, 0.29) is 23.5 Å². The predicted octanol–water partition coefficient (Wildman–Crippen LogP) is 1.34. The summed E-state index contributed by atoms with van der Waals surface area (Å²) in [5, 5.41) is 3.11. The quantitative estimate of drug-likeness (QED) is 0.739. The van der Waals surface area contributed by atoms with Crippen LogP contribution < -0.4 is 5.32 Å². The van der Waals surface area contributed by atoms with Gasteiger partial charge in [-0.05, 0) is 11.8 Å². The van der Waals surface area contributed by atoms with Crippen LogP contribution in [-0.4, -0.2) is 38.4 Å². The van der Waals surface area contributed by atoms with Crippen molar-refractivity contribution in [2.45, 2.75) is 45.8 Å². The SMILES string of the molecule is COC1CNC(C(=O)OCCC(C)(C)C)C1. The predicted molar refractivity (Wildman–Crippen MR) is 62.2 cm³/mol. The van der Waals surface area contributed by atoms with Crippen molar-refractivity contribution >= 4 is 5.97 Å². The second-order valence-corrected chi connectivity index (χ2v) is 5.53. The summed E-state index contributed by atoms with van der Waals surface area (Å²) in [6.45, 7) is 7.63. The molecule has 0 aliphatic carbocycles. The molecule has 0 bridgehead atoms. The lowest BCUT2D eigenvalue weighted by Crippen LogP contribution is -2.32. The monoisotopic (exact) mass is 229 g/mol. The number of hydrogen-bond acceptors (Lipinski definition) is 4. The van der Waals surface area contributed by atoms with Crippen LogP contribution in [0.1, 0.15) is 33.6 Å². The van der Waals surface area contributed by atoms with Gasteiger partial charge in [-0.1, -0.05) is 20.8 Å². The van der Waals surface area contributed by atoms with Gasteiger partial charge in [0.15, 0.2) is 0 Å². The van der Waals surface area contributed by atoms with Crippen molar-refractivity contribution in [1.82, 2.24) is 5.32 Å². The van der Waals surface area contributed by atoms with Crippen molar-refractivity contribution in [3.05, 3.63) is 0 Å². The average molecular weight is 229 g/mol. The molecule has 94 valence electrons. The summed E-state index contributed by atoms with van der Waals surface area (Å²) in [4.78, 5) is 11.7. The van der Waals surface area contributed by atoms with Crippen LogP contribution in [0, 0.1) is 5.41 Å². The molecule has 0 amide bonds. The number of carbonyl (C=O) groups is 1. The minimum absolute atomic E-state index is 0.139. The van der Waals surface area contributed by atoms with Gasteiger partial charge in [-0.25, -0.2) is 0 Å². The van der Waals surface area contributed by atoms with Gasteiger partial charge in [0.05, 0.1) is 12.7 Å². The molecule has 1 N–H and O–H groups in total. The lowest BCUT2D eigenvalue weighted by atomic mass is 9.93. The van der Waals surface area contributed by atoms with E-state index in [9.17, 15) is 4.79 Å². The lowest BCUT2D eigenvalue weighted by Gasteiger charge is -2.18. The van der Waals surface area contributed by atoms with Gasteiger partial charge >= 0.3 is 5.97 Å². The van der Waals surface area contributed by atoms with Gasteiger partial charge in [0.25, 0.3) is 0 Å². The van der Waals surface area contributed by atoms with Gasteiger partial charge in [0.1, 0.15) is 6.04 Å². The lowest BCUT2D eigenvalue weighted by molar-refractivity contribution is -0.146. The Hall–Kier alpha value is -0.610. The smallest absolute Gasteiger partial charge is 0.323 e. The van der Waals surface area contributed by atoms with Crippen LogP contribution in [0.5, 0.6) is 0 Å². The first kappa shape index (κ1) is 13.5. The topological polar surface area (TPSA) is 47.6 Å². The maximum atomic E-state index is 11.7. The van der Waals surface area contributed by atoms with E-state index < -0.39 is 0 Å². The summed E-state index contributed by atoms with van der Waals surface area (Å²) in [5.41, 5.74) is 0.207. The molecule has 16 heavy (non-hydrogen) atoms. The highest BCUT2D eigenvalue weighted by Crippen LogP contribution is 2.18. The van der Waals surface area contributed by atoms with E-state index in [0.717, 1.165) is 13.0 Å². The molecule has 0 aromatic carbocycles. The van der Waals surface area contributed by atoms with Crippen molar-refractivity contribution in [3.8, 4) is 0 Å². The largest absolute Gasteiger partial charge is 0.465 e. The number of carbonyl (C=O) groups excluding carboxylic acids is 1. The molecule has 2 unspecified atom stereocenters. The molecule has 1 rings (SSSR count). The molecule has 0 aromatic rings. The zero-order valence-electron chi connectivity index (χ0n) is 10.7. The maximum Gasteiger partial charge on any atom is 0.323 e. The third kappa shape index (κ3) is 4.49. The van der Waals surface area contributed by atoms with E-state index in [1.54, 1.807) is 7.11 Å². The maximum absolute atomic E-state index is 11.7. The number of hydrogen-bond donors (Lipinski definition) is 1. The van der Waals surface area contributed by atoms with Crippen LogP contribution in [0.25, 0.3) is 0 Å². The number of rotatable bonds is 4. The van der Waals surface area contributed by atoms with Gasteiger partial charge < -0.3 is 14.8 Å². The summed E-state index contributed by atoms with van der Waals surface area (Å²) in [7, 11) is 1.67. The van der Waals surface area contributed by atoms with E-state index in [2.05, 4.69) is 26.1 Å². The van der Waals surface area contributed by atoms with Crippen LogP contribution in [0.3, 0.4) is 0 Å². The van der Waals surface area contributed by atoms with Crippen LogP contribution in [0.15, 0.2) is 0 Å². The molecule has 1 aliphatic heterocycles. The van der Waals surface area contributed by atoms with Crippen LogP contribution >= 0.6 is 0 Å². The summed E-state index contributed by atoms with van der Waals surface area (Å²) < 4.78 is 10.4. The van der Waals surface area contributed by atoms with E-state index >= 15 is 0 Å². The van der Waals surface area contributed by atoms with Crippen LogP contribution in [0.4, 0.5) is 0 Å². The Labute approximate surface area is 97.7 Å². The minimum atomic E-state index is -0.190. The van der Waals surface area contributed by atoms with Crippen molar-refractivity contribution in [2.24, 2.45) is 5.41 Å². The summed E-state index contributed by atoms with van der Waals surface area (Å²) in [6, 6.07) is -0.190. The molecule has 0 spiro atoms. The van der Waals surface area contributed by atoms with Crippen molar-refractivity contribution in [3.63, 3.8) is 0 Å². The molecule has 0 aromatic heterocycles. The Morgan fingerprint density at radius 3 is 2.62 bits per heavy atom. The average Bonchev–Trinajstić information content (AvgIpc) is 2.63. The number of ether oxygens (including phenoxy) is 2. The zero-order valence-corrected chi connectivity index (χ0v) is 10.7. The highest BCUT2D eigenvalue weighted by atomic mass is 16.5. The Bertz CT molecular complexity index is 235. The molecule has 1 fully saturated rings. The number of nitrogens with one attached hydrogen (secondary N) is 1. The molecule has 4 nitrogen and oxygen atoms in total. The van der Waals surface area contributed by atoms with Gasteiger partial charge in [-0.3, -0.25) is 4.79 Å². The van der Waals surface area contributed by atoms with Gasteiger partial charge in [-0.15, -0.1) is 0 Å². The summed E-state index contributed by atoms with van der Waals surface area (Å²) in [5.74, 6) is -0.149. The third-order valence-electron chi connectivity index (χ3n) is 2.80. The van der Waals surface area contributed by atoms with Crippen LogP contribution in [-0.2, 0) is 14.3 Å². The van der Waals surface area contributed by atoms with Crippen molar-refractivity contribution < 1.29 is 14.3 Å². The van der Waals surface area contributed by atoms with Gasteiger partial charge in [0, 0.05) is 20.1 Å². The van der Waals surface area contributed by atoms with E-state index in [4.69, 9.17) is 9.47 Å². The zero-order chi connectivity index (χ0) is 12.2. The van der Waals surface area contributed by atoms with Gasteiger partial charge in [0.2, 0.25) is 0 Å². The summed E-state index contributed by atoms with van der Waals surface area (Å²) >= 11 is 0. The first-order chi connectivity index (χ1) is 7.42.